The second-order valence-electron chi connectivity index (χ2n) is 3.95. The molecule has 0 atom stereocenters. The van der Waals surface area contributed by atoms with Crippen LogP contribution in [-0.2, 0) is 6.42 Å². The van der Waals surface area contributed by atoms with Gasteiger partial charge in [-0.25, -0.2) is 15.0 Å². The molecule has 0 amide bonds. The molecule has 0 aliphatic rings. The van der Waals surface area contributed by atoms with Gasteiger partial charge < -0.3 is 10.2 Å². The molecule has 0 spiro atoms. The van der Waals surface area contributed by atoms with E-state index in [0.29, 0.717) is 11.0 Å². The Morgan fingerprint density at radius 2 is 2.11 bits per heavy atom. The number of para-hydroxylation sites is 2. The molecule has 0 fully saturated rings. The van der Waals surface area contributed by atoms with E-state index in [4.69, 9.17) is 10.2 Å². The van der Waals surface area contributed by atoms with Crippen LogP contribution in [0.3, 0.4) is 0 Å². The van der Waals surface area contributed by atoms with Crippen LogP contribution in [0.15, 0.2) is 45.3 Å². The molecule has 0 aliphatic heterocycles. The molecule has 2 N–H and O–H groups in total. The Hall–Kier alpha value is -2.08. The number of rotatable bonds is 3. The summed E-state index contributed by atoms with van der Waals surface area (Å²) < 4.78 is 5.66. The average Bonchev–Trinajstić information content (AvgIpc) is 2.81. The van der Waals surface area contributed by atoms with E-state index in [-0.39, 0.29) is 0 Å². The summed E-state index contributed by atoms with van der Waals surface area (Å²) in [4.78, 5) is 12.7. The Kier molecular flexibility index (Phi) is 3.08. The number of fused-ring (bicyclic) bond motifs is 1. The highest BCUT2D eigenvalue weighted by molar-refractivity contribution is 7.99. The molecule has 2 aromatic heterocycles. The Labute approximate surface area is 114 Å². The fourth-order valence-corrected chi connectivity index (χ4v) is 2.72. The first kappa shape index (κ1) is 12.0. The summed E-state index contributed by atoms with van der Waals surface area (Å²) in [5.74, 6) is 0.510. The number of hydrogen-bond acceptors (Lipinski definition) is 6. The van der Waals surface area contributed by atoms with Crippen LogP contribution < -0.4 is 5.73 Å². The van der Waals surface area contributed by atoms with Crippen LogP contribution in [-0.4, -0.2) is 15.0 Å². The number of oxazole rings is 1. The quantitative estimate of drug-likeness (QED) is 0.739. The van der Waals surface area contributed by atoms with Crippen molar-refractivity contribution in [2.24, 2.45) is 0 Å². The van der Waals surface area contributed by atoms with Gasteiger partial charge in [0.25, 0.3) is 5.22 Å². The minimum atomic E-state index is 0.510. The average molecular weight is 272 g/mol. The van der Waals surface area contributed by atoms with Gasteiger partial charge >= 0.3 is 0 Å². The van der Waals surface area contributed by atoms with Crippen molar-refractivity contribution < 1.29 is 4.42 Å². The first-order chi connectivity index (χ1) is 9.28. The summed E-state index contributed by atoms with van der Waals surface area (Å²) in [7, 11) is 0. The minimum Gasteiger partial charge on any atom is -0.431 e. The number of nitrogens with zero attached hydrogens (tertiary/aromatic N) is 3. The predicted molar refractivity (Wildman–Crippen MR) is 74.0 cm³/mol. The van der Waals surface area contributed by atoms with Crippen LogP contribution in [0.1, 0.15) is 12.5 Å². The molecule has 3 rings (SSSR count). The van der Waals surface area contributed by atoms with Gasteiger partial charge in [-0.2, -0.15) is 0 Å². The Bertz CT molecular complexity index is 692. The zero-order valence-corrected chi connectivity index (χ0v) is 11.1. The first-order valence-electron chi connectivity index (χ1n) is 5.90. The van der Waals surface area contributed by atoms with Crippen LogP contribution in [0.25, 0.3) is 11.1 Å². The third-order valence-corrected chi connectivity index (χ3v) is 3.65. The van der Waals surface area contributed by atoms with Crippen LogP contribution in [0, 0.1) is 0 Å². The molecule has 6 heteroatoms. The van der Waals surface area contributed by atoms with Crippen molar-refractivity contribution in [1.29, 1.82) is 0 Å². The summed E-state index contributed by atoms with van der Waals surface area (Å²) in [5, 5.41) is 1.36. The lowest BCUT2D eigenvalue weighted by molar-refractivity contribution is 0.489. The van der Waals surface area contributed by atoms with Gasteiger partial charge in [0, 0.05) is 5.56 Å². The Morgan fingerprint density at radius 1 is 1.26 bits per heavy atom. The van der Waals surface area contributed by atoms with E-state index in [9.17, 15) is 0 Å². The standard InChI is InChI=1S/C13H12N4OS/c1-2-8-11(14)15-7-16-12(8)19-13-17-9-5-3-4-6-10(9)18-13/h3-7H,2H2,1H3,(H2,14,15,16). The van der Waals surface area contributed by atoms with E-state index in [1.807, 2.05) is 31.2 Å². The third-order valence-electron chi connectivity index (χ3n) is 2.75. The number of benzene rings is 1. The van der Waals surface area contributed by atoms with Crippen molar-refractivity contribution in [2.75, 3.05) is 5.73 Å². The van der Waals surface area contributed by atoms with Crippen molar-refractivity contribution in [3.63, 3.8) is 0 Å². The van der Waals surface area contributed by atoms with Gasteiger partial charge in [-0.15, -0.1) is 0 Å². The summed E-state index contributed by atoms with van der Waals surface area (Å²) in [5.41, 5.74) is 8.38. The van der Waals surface area contributed by atoms with Crippen LogP contribution in [0.2, 0.25) is 0 Å². The smallest absolute Gasteiger partial charge is 0.263 e. The zero-order chi connectivity index (χ0) is 13.2. The number of nitrogens with two attached hydrogens (primary N) is 1. The fraction of sp³-hybridized carbons (Fsp3) is 0.154. The van der Waals surface area contributed by atoms with Crippen molar-refractivity contribution in [3.05, 3.63) is 36.2 Å². The molecule has 1 aromatic carbocycles. The Balaban J connectivity index is 1.99. The van der Waals surface area contributed by atoms with Crippen LogP contribution >= 0.6 is 11.8 Å². The molecular weight excluding hydrogens is 260 g/mol. The second-order valence-corrected chi connectivity index (χ2v) is 4.89. The van der Waals surface area contributed by atoms with Gasteiger partial charge in [-0.05, 0) is 30.3 Å². The second kappa shape index (κ2) is 4.89. The van der Waals surface area contributed by atoms with Crippen molar-refractivity contribution >= 4 is 28.7 Å². The molecule has 0 unspecified atom stereocenters. The van der Waals surface area contributed by atoms with Gasteiger partial charge in [0.1, 0.15) is 22.7 Å². The molecule has 0 radical (unpaired) electrons. The van der Waals surface area contributed by atoms with E-state index in [2.05, 4.69) is 15.0 Å². The maximum Gasteiger partial charge on any atom is 0.263 e. The lowest BCUT2D eigenvalue weighted by Crippen LogP contribution is -2.00. The van der Waals surface area contributed by atoms with Gasteiger partial charge in [0.2, 0.25) is 0 Å². The molecule has 2 heterocycles. The highest BCUT2D eigenvalue weighted by Crippen LogP contribution is 2.32. The molecule has 0 saturated carbocycles. The van der Waals surface area contributed by atoms with Gasteiger partial charge in [0.15, 0.2) is 5.58 Å². The summed E-state index contributed by atoms with van der Waals surface area (Å²) in [6.07, 6.45) is 2.23. The summed E-state index contributed by atoms with van der Waals surface area (Å²) in [6.45, 7) is 2.02. The molecule has 0 saturated heterocycles. The van der Waals surface area contributed by atoms with E-state index in [1.54, 1.807) is 0 Å². The van der Waals surface area contributed by atoms with Crippen molar-refractivity contribution in [2.45, 2.75) is 23.6 Å². The maximum absolute atomic E-state index is 5.85. The van der Waals surface area contributed by atoms with Gasteiger partial charge in [-0.1, -0.05) is 19.1 Å². The molecule has 3 aromatic rings. The molecule has 0 aliphatic carbocycles. The zero-order valence-electron chi connectivity index (χ0n) is 10.3. The lowest BCUT2D eigenvalue weighted by atomic mass is 10.2. The van der Waals surface area contributed by atoms with Crippen molar-refractivity contribution in [1.82, 2.24) is 15.0 Å². The number of hydrogen-bond donors (Lipinski definition) is 1. The van der Waals surface area contributed by atoms with E-state index < -0.39 is 0 Å². The molecule has 5 nitrogen and oxygen atoms in total. The lowest BCUT2D eigenvalue weighted by Gasteiger charge is -2.05. The molecule has 0 bridgehead atoms. The highest BCUT2D eigenvalue weighted by atomic mass is 32.2. The normalized spacial score (nSPS) is 11.0. The molecular formula is C13H12N4OS. The van der Waals surface area contributed by atoms with Crippen LogP contribution in [0.5, 0.6) is 0 Å². The monoisotopic (exact) mass is 272 g/mol. The minimum absolute atomic E-state index is 0.510. The largest absolute Gasteiger partial charge is 0.431 e. The number of nitrogen functional groups attached to an aromatic ring is 1. The van der Waals surface area contributed by atoms with E-state index in [0.717, 1.165) is 28.1 Å². The first-order valence-corrected chi connectivity index (χ1v) is 6.72. The SMILES string of the molecule is CCc1c(N)ncnc1Sc1nc2ccccc2o1. The van der Waals surface area contributed by atoms with Gasteiger partial charge in [-0.3, -0.25) is 0 Å². The van der Waals surface area contributed by atoms with E-state index in [1.165, 1.54) is 18.1 Å². The third kappa shape index (κ3) is 2.26. The number of anilines is 1. The maximum atomic E-state index is 5.85. The topological polar surface area (TPSA) is 77.8 Å². The molecule has 96 valence electrons. The van der Waals surface area contributed by atoms with Crippen LogP contribution in [0.4, 0.5) is 5.82 Å². The predicted octanol–water partition coefficient (Wildman–Crippen LogP) is 2.91. The van der Waals surface area contributed by atoms with Gasteiger partial charge in [0.05, 0.1) is 0 Å². The molecule has 19 heavy (non-hydrogen) atoms. The Morgan fingerprint density at radius 3 is 2.89 bits per heavy atom. The van der Waals surface area contributed by atoms with Crippen molar-refractivity contribution in [3.8, 4) is 0 Å². The summed E-state index contributed by atoms with van der Waals surface area (Å²) in [6, 6.07) is 7.65. The fourth-order valence-electron chi connectivity index (χ4n) is 1.81. The summed E-state index contributed by atoms with van der Waals surface area (Å²) >= 11 is 1.37. The van der Waals surface area contributed by atoms with E-state index >= 15 is 0 Å². The highest BCUT2D eigenvalue weighted by Gasteiger charge is 2.13. The number of aromatic nitrogens is 3.